The summed E-state index contributed by atoms with van der Waals surface area (Å²) >= 11 is 14.1. The molecule has 0 unspecified atom stereocenters. The van der Waals surface area contributed by atoms with E-state index in [0.29, 0.717) is 10.0 Å². The summed E-state index contributed by atoms with van der Waals surface area (Å²) in [5.74, 6) is 2.30. The fraction of sp³-hybridized carbons (Fsp3) is 0.409. The highest BCUT2D eigenvalue weighted by molar-refractivity contribution is 7.99. The molecule has 2 aromatic carbocycles. The van der Waals surface area contributed by atoms with Crippen molar-refractivity contribution < 1.29 is 4.79 Å². The van der Waals surface area contributed by atoms with Gasteiger partial charge in [-0.15, -0.1) is 0 Å². The summed E-state index contributed by atoms with van der Waals surface area (Å²) in [7, 11) is 0. The highest BCUT2D eigenvalue weighted by Crippen LogP contribution is 2.28. The molecule has 7 heteroatoms. The van der Waals surface area contributed by atoms with Gasteiger partial charge in [0, 0.05) is 42.4 Å². The minimum Gasteiger partial charge on any atom is -0.325 e. The number of nitrogens with zero attached hydrogens (tertiary/aromatic N) is 1. The molecular formula is C22H27Cl2N3OS. The molecule has 29 heavy (non-hydrogen) atoms. The van der Waals surface area contributed by atoms with Gasteiger partial charge in [0.05, 0.1) is 16.6 Å². The zero-order valence-corrected chi connectivity index (χ0v) is 19.1. The zero-order valence-electron chi connectivity index (χ0n) is 16.8. The molecule has 0 aromatic heterocycles. The second-order valence-corrected chi connectivity index (χ2v) is 9.78. The molecule has 1 saturated heterocycles. The first-order valence-electron chi connectivity index (χ1n) is 9.73. The van der Waals surface area contributed by atoms with Crippen LogP contribution < -0.4 is 10.6 Å². The molecule has 1 amide bonds. The van der Waals surface area contributed by atoms with Crippen molar-refractivity contribution in [2.75, 3.05) is 36.5 Å². The standard InChI is InChI=1S/C22H27Cl2N3OS/c1-22(2,17-6-7-19(23)20(24)13-17)25-14-21(28)26-18-5-3-4-16(12-18)15-27-8-10-29-11-9-27/h3-7,12-13,25H,8-11,14-15H2,1-2H3,(H,26,28). The van der Waals surface area contributed by atoms with E-state index < -0.39 is 5.54 Å². The van der Waals surface area contributed by atoms with Crippen LogP contribution in [-0.4, -0.2) is 41.9 Å². The van der Waals surface area contributed by atoms with Crippen molar-refractivity contribution in [1.29, 1.82) is 0 Å². The lowest BCUT2D eigenvalue weighted by atomic mass is 9.94. The number of thioether (sulfide) groups is 1. The van der Waals surface area contributed by atoms with Gasteiger partial charge in [-0.3, -0.25) is 15.0 Å². The summed E-state index contributed by atoms with van der Waals surface area (Å²) in [4.78, 5) is 14.9. The van der Waals surface area contributed by atoms with Crippen LogP contribution in [0.2, 0.25) is 10.0 Å². The van der Waals surface area contributed by atoms with Crippen molar-refractivity contribution >= 4 is 46.6 Å². The molecule has 1 aliphatic heterocycles. The molecule has 1 fully saturated rings. The van der Waals surface area contributed by atoms with Gasteiger partial charge in [-0.2, -0.15) is 11.8 Å². The third-order valence-electron chi connectivity index (χ3n) is 5.05. The fourth-order valence-corrected chi connectivity index (χ4v) is 4.54. The maximum atomic E-state index is 12.5. The smallest absolute Gasteiger partial charge is 0.238 e. The number of rotatable bonds is 7. The number of carbonyl (C=O) groups is 1. The number of carbonyl (C=O) groups excluding carboxylic acids is 1. The largest absolute Gasteiger partial charge is 0.325 e. The van der Waals surface area contributed by atoms with Gasteiger partial charge in [-0.25, -0.2) is 0 Å². The number of amides is 1. The first-order valence-corrected chi connectivity index (χ1v) is 11.6. The van der Waals surface area contributed by atoms with Gasteiger partial charge in [0.25, 0.3) is 0 Å². The average molecular weight is 452 g/mol. The van der Waals surface area contributed by atoms with Crippen LogP contribution >= 0.6 is 35.0 Å². The second kappa shape index (κ2) is 10.2. The highest BCUT2D eigenvalue weighted by Gasteiger charge is 2.22. The van der Waals surface area contributed by atoms with Crippen LogP contribution in [0.5, 0.6) is 0 Å². The average Bonchev–Trinajstić information content (AvgIpc) is 2.69. The summed E-state index contributed by atoms with van der Waals surface area (Å²) in [6, 6.07) is 13.6. The van der Waals surface area contributed by atoms with Crippen LogP contribution in [-0.2, 0) is 16.9 Å². The molecule has 2 aromatic rings. The SMILES string of the molecule is CC(C)(NCC(=O)Nc1cccc(CN2CCSCC2)c1)c1ccc(Cl)c(Cl)c1. The Bertz CT molecular complexity index is 854. The third-order valence-corrected chi connectivity index (χ3v) is 6.73. The van der Waals surface area contributed by atoms with Crippen LogP contribution in [0, 0.1) is 0 Å². The Kier molecular flexibility index (Phi) is 7.88. The number of benzene rings is 2. The molecular weight excluding hydrogens is 425 g/mol. The molecule has 0 radical (unpaired) electrons. The minimum atomic E-state index is -0.417. The van der Waals surface area contributed by atoms with E-state index in [-0.39, 0.29) is 12.5 Å². The van der Waals surface area contributed by atoms with Crippen LogP contribution in [0.3, 0.4) is 0 Å². The molecule has 0 aliphatic carbocycles. The molecule has 1 heterocycles. The molecule has 4 nitrogen and oxygen atoms in total. The van der Waals surface area contributed by atoms with E-state index in [2.05, 4.69) is 27.7 Å². The lowest BCUT2D eigenvalue weighted by molar-refractivity contribution is -0.115. The molecule has 156 valence electrons. The first-order chi connectivity index (χ1) is 13.8. The van der Waals surface area contributed by atoms with Crippen molar-refractivity contribution in [3.8, 4) is 0 Å². The van der Waals surface area contributed by atoms with Gasteiger partial charge < -0.3 is 5.32 Å². The van der Waals surface area contributed by atoms with Crippen molar-refractivity contribution in [3.05, 3.63) is 63.6 Å². The summed E-state index contributed by atoms with van der Waals surface area (Å²) in [6.45, 7) is 7.38. The monoisotopic (exact) mass is 451 g/mol. The normalized spacial score (nSPS) is 15.3. The van der Waals surface area contributed by atoms with Gasteiger partial charge in [0.2, 0.25) is 5.91 Å². The Morgan fingerprint density at radius 1 is 1.10 bits per heavy atom. The Balaban J connectivity index is 1.54. The predicted octanol–water partition coefficient (Wildman–Crippen LogP) is 5.01. The van der Waals surface area contributed by atoms with Gasteiger partial charge in [0.1, 0.15) is 0 Å². The van der Waals surface area contributed by atoms with E-state index in [9.17, 15) is 4.79 Å². The van der Waals surface area contributed by atoms with Crippen LogP contribution in [0.25, 0.3) is 0 Å². The molecule has 0 bridgehead atoms. The Morgan fingerprint density at radius 3 is 2.59 bits per heavy atom. The van der Waals surface area contributed by atoms with Gasteiger partial charge in [-0.05, 0) is 49.2 Å². The third kappa shape index (κ3) is 6.63. The van der Waals surface area contributed by atoms with E-state index in [4.69, 9.17) is 23.2 Å². The maximum Gasteiger partial charge on any atom is 0.238 e. The Hall–Kier alpha value is -1.24. The molecule has 0 atom stereocenters. The van der Waals surface area contributed by atoms with E-state index in [1.165, 1.54) is 17.1 Å². The minimum absolute atomic E-state index is 0.0790. The lowest BCUT2D eigenvalue weighted by Gasteiger charge is -2.27. The summed E-state index contributed by atoms with van der Waals surface area (Å²) in [5.41, 5.74) is 2.60. The Labute approximate surface area is 187 Å². The van der Waals surface area contributed by atoms with E-state index in [0.717, 1.165) is 30.9 Å². The summed E-state index contributed by atoms with van der Waals surface area (Å²) in [6.07, 6.45) is 0. The van der Waals surface area contributed by atoms with Crippen molar-refractivity contribution in [3.63, 3.8) is 0 Å². The fourth-order valence-electron chi connectivity index (χ4n) is 3.26. The van der Waals surface area contributed by atoms with Gasteiger partial charge in [-0.1, -0.05) is 41.4 Å². The number of anilines is 1. The van der Waals surface area contributed by atoms with Crippen LogP contribution in [0.4, 0.5) is 5.69 Å². The van der Waals surface area contributed by atoms with Crippen LogP contribution in [0.1, 0.15) is 25.0 Å². The van der Waals surface area contributed by atoms with Gasteiger partial charge >= 0.3 is 0 Å². The summed E-state index contributed by atoms with van der Waals surface area (Å²) in [5, 5.41) is 7.32. The second-order valence-electron chi connectivity index (χ2n) is 7.74. The van der Waals surface area contributed by atoms with E-state index >= 15 is 0 Å². The first kappa shape index (κ1) is 22.4. The maximum absolute atomic E-state index is 12.5. The Morgan fingerprint density at radius 2 is 1.86 bits per heavy atom. The number of halogens is 2. The van der Waals surface area contributed by atoms with Gasteiger partial charge in [0.15, 0.2) is 0 Å². The number of nitrogens with one attached hydrogen (secondary N) is 2. The van der Waals surface area contributed by atoms with E-state index in [1.807, 2.05) is 49.9 Å². The molecule has 3 rings (SSSR count). The molecule has 0 saturated carbocycles. The van der Waals surface area contributed by atoms with Crippen molar-refractivity contribution in [2.45, 2.75) is 25.9 Å². The summed E-state index contributed by atoms with van der Waals surface area (Å²) < 4.78 is 0. The van der Waals surface area contributed by atoms with E-state index in [1.54, 1.807) is 6.07 Å². The van der Waals surface area contributed by atoms with Crippen molar-refractivity contribution in [2.24, 2.45) is 0 Å². The quantitative estimate of drug-likeness (QED) is 0.620. The lowest BCUT2D eigenvalue weighted by Crippen LogP contribution is -2.41. The topological polar surface area (TPSA) is 44.4 Å². The zero-order chi connectivity index (χ0) is 20.9. The van der Waals surface area contributed by atoms with Crippen LogP contribution in [0.15, 0.2) is 42.5 Å². The molecule has 1 aliphatic rings. The van der Waals surface area contributed by atoms with Crippen molar-refractivity contribution in [1.82, 2.24) is 10.2 Å². The number of hydrogen-bond donors (Lipinski definition) is 2. The predicted molar refractivity (Wildman–Crippen MR) is 125 cm³/mol. The molecule has 0 spiro atoms. The highest BCUT2D eigenvalue weighted by atomic mass is 35.5. The number of hydrogen-bond acceptors (Lipinski definition) is 4. The molecule has 2 N–H and O–H groups in total.